The fraction of sp³-hybridized carbons (Fsp3) is 0.444. The third kappa shape index (κ3) is 3.70. The van der Waals surface area contributed by atoms with Gasteiger partial charge in [-0.3, -0.25) is 9.69 Å². The second-order valence-corrected chi connectivity index (χ2v) is 10.1. The number of benzene rings is 2. The Labute approximate surface area is 195 Å². The van der Waals surface area contributed by atoms with Crippen molar-refractivity contribution in [1.29, 1.82) is 0 Å². The van der Waals surface area contributed by atoms with Crippen LogP contribution in [0, 0.1) is 0 Å². The number of fused-ring (bicyclic) bond motifs is 4. The van der Waals surface area contributed by atoms with Gasteiger partial charge in [0.1, 0.15) is 0 Å². The zero-order valence-electron chi connectivity index (χ0n) is 19.0. The number of amides is 1. The number of aliphatic hydroxyl groups excluding tert-OH is 1. The van der Waals surface area contributed by atoms with Gasteiger partial charge in [0, 0.05) is 47.1 Å². The minimum absolute atomic E-state index is 0.113. The molecule has 0 saturated carbocycles. The van der Waals surface area contributed by atoms with Gasteiger partial charge in [-0.25, -0.2) is 0 Å². The van der Waals surface area contributed by atoms with Crippen LogP contribution in [-0.4, -0.2) is 59.1 Å². The number of aliphatic hydroxyl groups is 1. The third-order valence-corrected chi connectivity index (χ3v) is 8.51. The smallest absolute Gasteiger partial charge is 0.253 e. The van der Waals surface area contributed by atoms with E-state index in [0.717, 1.165) is 38.0 Å². The summed E-state index contributed by atoms with van der Waals surface area (Å²) >= 11 is 1.79. The largest absolute Gasteiger partial charge is 0.395 e. The second-order valence-electron chi connectivity index (χ2n) is 9.02. The molecule has 168 valence electrons. The molecule has 2 atom stereocenters. The van der Waals surface area contributed by atoms with E-state index in [-0.39, 0.29) is 12.5 Å². The Morgan fingerprint density at radius 2 is 1.72 bits per heavy atom. The summed E-state index contributed by atoms with van der Waals surface area (Å²) in [6.45, 7) is 6.55. The van der Waals surface area contributed by atoms with Crippen molar-refractivity contribution in [2.45, 2.75) is 61.4 Å². The maximum Gasteiger partial charge on any atom is 0.253 e. The summed E-state index contributed by atoms with van der Waals surface area (Å²) in [7, 11) is 0. The summed E-state index contributed by atoms with van der Waals surface area (Å²) in [5, 5.41) is 9.51. The van der Waals surface area contributed by atoms with Gasteiger partial charge >= 0.3 is 0 Å². The molecule has 2 aromatic carbocycles. The minimum Gasteiger partial charge on any atom is -0.395 e. The van der Waals surface area contributed by atoms with E-state index in [1.165, 1.54) is 39.3 Å². The van der Waals surface area contributed by atoms with Crippen LogP contribution >= 0.6 is 11.8 Å². The van der Waals surface area contributed by atoms with Gasteiger partial charge in [0.2, 0.25) is 0 Å². The van der Waals surface area contributed by atoms with E-state index in [9.17, 15) is 9.90 Å². The zero-order chi connectivity index (χ0) is 22.2. The van der Waals surface area contributed by atoms with E-state index in [2.05, 4.69) is 41.3 Å². The van der Waals surface area contributed by atoms with Crippen molar-refractivity contribution in [2.24, 2.45) is 0 Å². The molecule has 0 aliphatic carbocycles. The third-order valence-electron chi connectivity index (χ3n) is 7.37. The number of nitrogens with zero attached hydrogens (tertiary/aromatic N) is 2. The SMILES string of the molecule is CCN(CC)C(=O)c1ccc2c(c1)Sc1ccccc1C2=C1CC2CCC(C1)N2CCO. The molecule has 32 heavy (non-hydrogen) atoms. The summed E-state index contributed by atoms with van der Waals surface area (Å²) < 4.78 is 0. The summed E-state index contributed by atoms with van der Waals surface area (Å²) in [6, 6.07) is 16.1. The molecule has 0 radical (unpaired) electrons. The summed E-state index contributed by atoms with van der Waals surface area (Å²) in [4.78, 5) is 19.9. The van der Waals surface area contributed by atoms with Crippen LogP contribution in [0.5, 0.6) is 0 Å². The van der Waals surface area contributed by atoms with E-state index < -0.39 is 0 Å². The first-order chi connectivity index (χ1) is 15.6. The van der Waals surface area contributed by atoms with Crippen molar-refractivity contribution < 1.29 is 9.90 Å². The fourth-order valence-electron chi connectivity index (χ4n) is 5.84. The lowest BCUT2D eigenvalue weighted by atomic mass is 9.85. The Balaban J connectivity index is 1.58. The molecule has 2 aromatic rings. The average Bonchev–Trinajstić information content (AvgIpc) is 3.04. The lowest BCUT2D eigenvalue weighted by Crippen LogP contribution is -2.42. The molecule has 4 nitrogen and oxygen atoms in total. The quantitative estimate of drug-likeness (QED) is 0.593. The van der Waals surface area contributed by atoms with Crippen LogP contribution < -0.4 is 0 Å². The first-order valence-corrected chi connectivity index (χ1v) is 12.8. The van der Waals surface area contributed by atoms with Gasteiger partial charge in [-0.1, -0.05) is 41.6 Å². The van der Waals surface area contributed by atoms with Gasteiger partial charge < -0.3 is 10.0 Å². The average molecular weight is 449 g/mol. The molecule has 2 bridgehead atoms. The maximum atomic E-state index is 13.0. The summed E-state index contributed by atoms with van der Waals surface area (Å²) in [5.41, 5.74) is 6.31. The number of hydrogen-bond acceptors (Lipinski definition) is 4. The highest BCUT2D eigenvalue weighted by Gasteiger charge is 2.39. The van der Waals surface area contributed by atoms with Crippen molar-refractivity contribution in [3.8, 4) is 0 Å². The van der Waals surface area contributed by atoms with Crippen LogP contribution in [0.2, 0.25) is 0 Å². The Bertz CT molecular complexity index is 1040. The van der Waals surface area contributed by atoms with E-state index in [4.69, 9.17) is 0 Å². The van der Waals surface area contributed by atoms with Gasteiger partial charge in [0.05, 0.1) is 6.61 Å². The van der Waals surface area contributed by atoms with E-state index >= 15 is 0 Å². The summed E-state index contributed by atoms with van der Waals surface area (Å²) in [5.74, 6) is 0.113. The first kappa shape index (κ1) is 21.7. The van der Waals surface area contributed by atoms with Crippen LogP contribution in [0.4, 0.5) is 0 Å². The van der Waals surface area contributed by atoms with Crippen LogP contribution in [0.1, 0.15) is 61.0 Å². The lowest BCUT2D eigenvalue weighted by Gasteiger charge is -2.37. The molecule has 1 N–H and O–H groups in total. The van der Waals surface area contributed by atoms with Crippen LogP contribution in [0.25, 0.3) is 5.57 Å². The molecule has 2 fully saturated rings. The molecule has 0 spiro atoms. The van der Waals surface area contributed by atoms with Gasteiger partial charge in [-0.05, 0) is 74.4 Å². The summed E-state index contributed by atoms with van der Waals surface area (Å²) in [6.07, 6.45) is 4.60. The molecule has 3 aliphatic rings. The monoisotopic (exact) mass is 448 g/mol. The molecule has 2 unspecified atom stereocenters. The van der Waals surface area contributed by atoms with Crippen molar-refractivity contribution in [1.82, 2.24) is 9.80 Å². The van der Waals surface area contributed by atoms with Crippen LogP contribution in [0.15, 0.2) is 57.8 Å². The molecule has 3 heterocycles. The van der Waals surface area contributed by atoms with Crippen molar-refractivity contribution in [2.75, 3.05) is 26.2 Å². The zero-order valence-corrected chi connectivity index (χ0v) is 19.8. The van der Waals surface area contributed by atoms with Crippen molar-refractivity contribution >= 4 is 23.2 Å². The van der Waals surface area contributed by atoms with Gasteiger partial charge in [0.25, 0.3) is 5.91 Å². The van der Waals surface area contributed by atoms with E-state index in [1.807, 2.05) is 24.8 Å². The van der Waals surface area contributed by atoms with E-state index in [0.29, 0.717) is 12.1 Å². The molecule has 5 heteroatoms. The molecule has 2 saturated heterocycles. The van der Waals surface area contributed by atoms with Gasteiger partial charge in [0.15, 0.2) is 0 Å². The standard InChI is InChI=1S/C27H32N2O2S/c1-3-28(4-2)27(31)18-9-12-23-25(17-18)32-24-8-6-5-7-22(24)26(23)19-15-20-10-11-21(16-19)29(20)13-14-30/h5-9,12,17,20-21,30H,3-4,10-11,13-16H2,1-2H3. The first-order valence-electron chi connectivity index (χ1n) is 11.9. The number of rotatable bonds is 5. The number of carbonyl (C=O) groups is 1. The molecule has 0 aromatic heterocycles. The highest BCUT2D eigenvalue weighted by atomic mass is 32.2. The maximum absolute atomic E-state index is 13.0. The highest BCUT2D eigenvalue weighted by Crippen LogP contribution is 2.50. The van der Waals surface area contributed by atoms with Crippen LogP contribution in [0.3, 0.4) is 0 Å². The van der Waals surface area contributed by atoms with Crippen LogP contribution in [-0.2, 0) is 0 Å². The topological polar surface area (TPSA) is 43.8 Å². The second kappa shape index (κ2) is 9.05. The fourth-order valence-corrected chi connectivity index (χ4v) is 6.97. The lowest BCUT2D eigenvalue weighted by molar-refractivity contribution is 0.0772. The number of piperidine rings is 1. The Morgan fingerprint density at radius 3 is 2.41 bits per heavy atom. The predicted molar refractivity (Wildman–Crippen MR) is 130 cm³/mol. The molecular weight excluding hydrogens is 416 g/mol. The molecular formula is C27H32N2O2S. The van der Waals surface area contributed by atoms with Crippen molar-refractivity contribution in [3.63, 3.8) is 0 Å². The molecule has 5 rings (SSSR count). The Kier molecular flexibility index (Phi) is 6.15. The highest BCUT2D eigenvalue weighted by molar-refractivity contribution is 7.99. The number of hydrogen-bond donors (Lipinski definition) is 1. The number of carbonyl (C=O) groups excluding carboxylic acids is 1. The van der Waals surface area contributed by atoms with Gasteiger partial charge in [-0.15, -0.1) is 0 Å². The predicted octanol–water partition coefficient (Wildman–Crippen LogP) is 5.05. The van der Waals surface area contributed by atoms with Gasteiger partial charge in [-0.2, -0.15) is 0 Å². The normalized spacial score (nSPS) is 22.0. The van der Waals surface area contributed by atoms with Crippen molar-refractivity contribution in [3.05, 3.63) is 64.7 Å². The molecule has 1 amide bonds. The van der Waals surface area contributed by atoms with E-state index in [1.54, 1.807) is 17.3 Å². The molecule has 3 aliphatic heterocycles. The Morgan fingerprint density at radius 1 is 1.03 bits per heavy atom. The Hall–Kier alpha value is -2.08. The minimum atomic E-state index is 0.113.